The van der Waals surface area contributed by atoms with Gasteiger partial charge in [0.15, 0.2) is 5.82 Å². The molecule has 1 heterocycles. The molecular weight excluding hydrogens is 327 g/mol. The Bertz CT molecular complexity index is 939. The molecule has 0 radical (unpaired) electrons. The smallest absolute Gasteiger partial charge is 0.181 e. The van der Waals surface area contributed by atoms with E-state index in [1.807, 2.05) is 25.1 Å². The molecule has 0 aliphatic carbocycles. The average Bonchev–Trinajstić information content (AvgIpc) is 3.10. The molecule has 0 aliphatic heterocycles. The van der Waals surface area contributed by atoms with E-state index in [1.54, 1.807) is 24.3 Å². The number of aromatic amines is 1. The lowest BCUT2D eigenvalue weighted by Gasteiger charge is -2.05. The number of benzene rings is 2. The minimum atomic E-state index is -0.269. The van der Waals surface area contributed by atoms with Crippen LogP contribution in [0.4, 0.5) is 4.39 Å². The molecule has 0 bridgehead atoms. The molecule has 2 aromatic carbocycles. The lowest BCUT2D eigenvalue weighted by atomic mass is 10.0. The second kappa shape index (κ2) is 7.87. The second-order valence-electron chi connectivity index (χ2n) is 6.18. The monoisotopic (exact) mass is 348 g/mol. The molecule has 5 heteroatoms. The van der Waals surface area contributed by atoms with Gasteiger partial charge >= 0.3 is 0 Å². The lowest BCUT2D eigenvalue weighted by molar-refractivity contribution is 0.628. The Morgan fingerprint density at radius 3 is 2.69 bits per heavy atom. The van der Waals surface area contributed by atoms with Crippen LogP contribution in [-0.2, 0) is 6.42 Å². The molecule has 4 nitrogen and oxygen atoms in total. The lowest BCUT2D eigenvalue weighted by Crippen LogP contribution is -1.97. The van der Waals surface area contributed by atoms with Crippen LogP contribution in [0.25, 0.3) is 17.5 Å². The van der Waals surface area contributed by atoms with Crippen LogP contribution in [0.1, 0.15) is 35.9 Å². The van der Waals surface area contributed by atoms with Crippen LogP contribution in [0.5, 0.6) is 0 Å². The molecule has 0 aliphatic rings. The summed E-state index contributed by atoms with van der Waals surface area (Å²) in [4.78, 5) is 4.54. The van der Waals surface area contributed by atoms with Gasteiger partial charge in [-0.25, -0.2) is 9.37 Å². The number of rotatable bonds is 6. The highest BCUT2D eigenvalue weighted by Gasteiger charge is 2.10. The summed E-state index contributed by atoms with van der Waals surface area (Å²) in [6, 6.07) is 12.0. The van der Waals surface area contributed by atoms with Gasteiger partial charge in [-0.1, -0.05) is 37.3 Å². The third-order valence-electron chi connectivity index (χ3n) is 4.12. The Morgan fingerprint density at radius 2 is 1.96 bits per heavy atom. The van der Waals surface area contributed by atoms with Gasteiger partial charge in [0.25, 0.3) is 0 Å². The van der Waals surface area contributed by atoms with Crippen LogP contribution < -0.4 is 0 Å². The number of nitrogens with zero attached hydrogens (tertiary/aromatic N) is 2. The molecule has 0 spiro atoms. The molecule has 26 heavy (non-hydrogen) atoms. The highest BCUT2D eigenvalue weighted by atomic mass is 19.1. The number of hydrogen-bond donors (Lipinski definition) is 2. The molecule has 1 aromatic heterocycles. The fourth-order valence-electron chi connectivity index (χ4n) is 2.64. The van der Waals surface area contributed by atoms with Crippen LogP contribution >= 0.6 is 0 Å². The van der Waals surface area contributed by atoms with E-state index < -0.39 is 0 Å². The van der Waals surface area contributed by atoms with E-state index in [0.29, 0.717) is 11.5 Å². The van der Waals surface area contributed by atoms with Gasteiger partial charge in [0.1, 0.15) is 11.6 Å². The van der Waals surface area contributed by atoms with Gasteiger partial charge in [-0.15, -0.1) is 0 Å². The first-order chi connectivity index (χ1) is 12.6. The van der Waals surface area contributed by atoms with Crippen molar-refractivity contribution in [2.45, 2.75) is 26.7 Å². The maximum absolute atomic E-state index is 13.0. The molecule has 3 aromatic rings. The summed E-state index contributed by atoms with van der Waals surface area (Å²) >= 11 is 0. The summed E-state index contributed by atoms with van der Waals surface area (Å²) in [6.45, 7) is 4.11. The number of aryl methyl sites for hydroxylation is 2. The Balaban J connectivity index is 1.83. The minimum absolute atomic E-state index is 0.269. The number of halogens is 1. The first-order valence-electron chi connectivity index (χ1n) is 8.61. The van der Waals surface area contributed by atoms with E-state index in [2.05, 4.69) is 22.1 Å². The largest absolute Gasteiger partial charge is 0.300 e. The van der Waals surface area contributed by atoms with Crippen LogP contribution in [0, 0.1) is 18.2 Å². The highest BCUT2D eigenvalue weighted by Crippen LogP contribution is 2.22. The van der Waals surface area contributed by atoms with E-state index in [0.717, 1.165) is 40.9 Å². The predicted octanol–water partition coefficient (Wildman–Crippen LogP) is 4.95. The number of H-pyrrole nitrogens is 1. The maximum atomic E-state index is 13.0. The maximum Gasteiger partial charge on any atom is 0.181 e. The molecular formula is C21H21FN4. The minimum Gasteiger partial charge on any atom is -0.300 e. The highest BCUT2D eigenvalue weighted by molar-refractivity contribution is 6.09. The SMILES string of the molecule is CCCc1nc(-c2cc(C(=N)/C=C/c3ccc(F)cc3)ccc2C)n[nH]1. The van der Waals surface area contributed by atoms with Crippen molar-refractivity contribution in [3.8, 4) is 11.4 Å². The van der Waals surface area contributed by atoms with Gasteiger partial charge in [0.2, 0.25) is 0 Å². The molecule has 0 atom stereocenters. The van der Waals surface area contributed by atoms with E-state index in [1.165, 1.54) is 12.1 Å². The van der Waals surface area contributed by atoms with Crippen LogP contribution in [0.3, 0.4) is 0 Å². The van der Waals surface area contributed by atoms with E-state index in [9.17, 15) is 4.39 Å². The topological polar surface area (TPSA) is 65.4 Å². The van der Waals surface area contributed by atoms with Gasteiger partial charge in [0.05, 0.1) is 5.71 Å². The molecule has 2 N–H and O–H groups in total. The van der Waals surface area contributed by atoms with Crippen molar-refractivity contribution in [2.24, 2.45) is 0 Å². The van der Waals surface area contributed by atoms with Gasteiger partial charge in [0, 0.05) is 17.5 Å². The summed E-state index contributed by atoms with van der Waals surface area (Å²) < 4.78 is 13.0. The van der Waals surface area contributed by atoms with E-state index >= 15 is 0 Å². The van der Waals surface area contributed by atoms with Crippen molar-refractivity contribution in [1.82, 2.24) is 15.2 Å². The van der Waals surface area contributed by atoms with Crippen molar-refractivity contribution >= 4 is 11.8 Å². The van der Waals surface area contributed by atoms with Crippen molar-refractivity contribution in [1.29, 1.82) is 5.41 Å². The van der Waals surface area contributed by atoms with Crippen molar-refractivity contribution in [3.05, 3.63) is 76.9 Å². The van der Waals surface area contributed by atoms with Crippen LogP contribution in [-0.4, -0.2) is 20.9 Å². The standard InChI is InChI=1S/C21H21FN4/c1-3-4-20-24-21(26-25-20)18-13-16(9-5-14(18)2)19(23)12-8-15-6-10-17(22)11-7-15/h5-13,23H,3-4H2,1-2H3,(H,24,25,26)/b12-8+,23-19?. The average molecular weight is 348 g/mol. The number of aromatic nitrogens is 3. The zero-order chi connectivity index (χ0) is 18.5. The Hall–Kier alpha value is -3.08. The molecule has 0 amide bonds. The van der Waals surface area contributed by atoms with Gasteiger partial charge < -0.3 is 5.41 Å². The third kappa shape index (κ3) is 4.11. The molecule has 0 saturated carbocycles. The summed E-state index contributed by atoms with van der Waals surface area (Å²) in [6.07, 6.45) is 5.38. The predicted molar refractivity (Wildman–Crippen MR) is 103 cm³/mol. The number of allylic oxidation sites excluding steroid dienone is 1. The van der Waals surface area contributed by atoms with Crippen molar-refractivity contribution in [3.63, 3.8) is 0 Å². The quantitative estimate of drug-likeness (QED) is 0.619. The first kappa shape index (κ1) is 17.7. The van der Waals surface area contributed by atoms with Crippen molar-refractivity contribution < 1.29 is 4.39 Å². The zero-order valence-electron chi connectivity index (χ0n) is 14.9. The molecule has 3 rings (SSSR count). The van der Waals surface area contributed by atoms with Crippen LogP contribution in [0.2, 0.25) is 0 Å². The summed E-state index contributed by atoms with van der Waals surface area (Å²) in [5, 5.41) is 15.6. The van der Waals surface area contributed by atoms with E-state index in [-0.39, 0.29) is 5.82 Å². The summed E-state index contributed by atoms with van der Waals surface area (Å²) in [7, 11) is 0. The zero-order valence-corrected chi connectivity index (χ0v) is 14.9. The van der Waals surface area contributed by atoms with Gasteiger partial charge in [-0.2, -0.15) is 5.10 Å². The Morgan fingerprint density at radius 1 is 1.19 bits per heavy atom. The van der Waals surface area contributed by atoms with E-state index in [4.69, 9.17) is 5.41 Å². The fraction of sp³-hybridized carbons (Fsp3) is 0.190. The molecule has 132 valence electrons. The summed E-state index contributed by atoms with van der Waals surface area (Å²) in [5.41, 5.74) is 3.99. The van der Waals surface area contributed by atoms with Gasteiger partial charge in [-0.3, -0.25) is 5.10 Å². The molecule has 0 fully saturated rings. The normalized spacial score (nSPS) is 11.2. The first-order valence-corrected chi connectivity index (χ1v) is 8.61. The van der Waals surface area contributed by atoms with Crippen LogP contribution in [0.15, 0.2) is 48.5 Å². The van der Waals surface area contributed by atoms with Crippen molar-refractivity contribution in [2.75, 3.05) is 0 Å². The van der Waals surface area contributed by atoms with Gasteiger partial charge in [-0.05, 0) is 48.7 Å². The molecule has 0 saturated heterocycles. The number of hydrogen-bond acceptors (Lipinski definition) is 3. The Labute approximate surface area is 152 Å². The fourth-order valence-corrected chi connectivity index (χ4v) is 2.64. The second-order valence-corrected chi connectivity index (χ2v) is 6.18. The Kier molecular flexibility index (Phi) is 5.37. The third-order valence-corrected chi connectivity index (χ3v) is 4.12. The summed E-state index contributed by atoms with van der Waals surface area (Å²) in [5.74, 6) is 1.26. The molecule has 0 unspecified atom stereocenters. The number of nitrogens with one attached hydrogen (secondary N) is 2.